The summed E-state index contributed by atoms with van der Waals surface area (Å²) in [6.45, 7) is 0.419. The Bertz CT molecular complexity index is 1400. The number of nitrogens with one attached hydrogen (secondary N) is 3. The minimum Gasteiger partial charge on any atom is -0.394 e. The van der Waals surface area contributed by atoms with Gasteiger partial charge in [0.2, 0.25) is 0 Å². The number of ether oxygens (including phenoxy) is 1. The van der Waals surface area contributed by atoms with Gasteiger partial charge in [0.25, 0.3) is 5.91 Å². The van der Waals surface area contributed by atoms with E-state index in [1.165, 1.54) is 6.33 Å². The van der Waals surface area contributed by atoms with E-state index in [9.17, 15) is 14.7 Å². The SMILES string of the molecule is O=C(Nc1ccc(C(=O)c2c[nH]c3ncnc(N[C@H]4CC[C@H](CO)OC4)c23)c(Cl)c1)c1ccccc1. The first-order chi connectivity index (χ1) is 17.5. The maximum Gasteiger partial charge on any atom is 0.255 e. The topological polar surface area (TPSA) is 129 Å². The first-order valence-corrected chi connectivity index (χ1v) is 11.9. The van der Waals surface area contributed by atoms with E-state index in [0.29, 0.717) is 40.3 Å². The number of rotatable bonds is 7. The number of hydrogen-bond donors (Lipinski definition) is 4. The van der Waals surface area contributed by atoms with Crippen LogP contribution < -0.4 is 10.6 Å². The van der Waals surface area contributed by atoms with Crippen molar-refractivity contribution in [3.8, 4) is 0 Å². The Kier molecular flexibility index (Phi) is 6.95. The normalized spacial score (nSPS) is 17.6. The number of carbonyl (C=O) groups is 2. The molecular weight excluding hydrogens is 482 g/mol. The summed E-state index contributed by atoms with van der Waals surface area (Å²) in [6, 6.07) is 13.6. The van der Waals surface area contributed by atoms with E-state index >= 15 is 0 Å². The number of aromatic amines is 1. The van der Waals surface area contributed by atoms with Gasteiger partial charge in [-0.1, -0.05) is 29.8 Å². The van der Waals surface area contributed by atoms with Gasteiger partial charge in [0, 0.05) is 23.0 Å². The lowest BCUT2D eigenvalue weighted by Crippen LogP contribution is -2.36. The third-order valence-electron chi connectivity index (χ3n) is 6.14. The van der Waals surface area contributed by atoms with E-state index in [-0.39, 0.29) is 41.0 Å². The van der Waals surface area contributed by atoms with Crippen LogP contribution in [0.5, 0.6) is 0 Å². The van der Waals surface area contributed by atoms with E-state index in [0.717, 1.165) is 12.8 Å². The predicted octanol–water partition coefficient (Wildman–Crippen LogP) is 4.05. The monoisotopic (exact) mass is 505 g/mol. The summed E-state index contributed by atoms with van der Waals surface area (Å²) in [4.78, 5) is 37.6. The van der Waals surface area contributed by atoms with Crippen molar-refractivity contribution in [2.75, 3.05) is 23.8 Å². The number of benzene rings is 2. The highest BCUT2D eigenvalue weighted by atomic mass is 35.5. The minimum atomic E-state index is -0.301. The smallest absolute Gasteiger partial charge is 0.255 e. The highest BCUT2D eigenvalue weighted by Crippen LogP contribution is 2.30. The molecule has 0 bridgehead atoms. The van der Waals surface area contributed by atoms with Crippen LogP contribution in [-0.4, -0.2) is 57.1 Å². The molecule has 184 valence electrons. The Morgan fingerprint density at radius 2 is 1.94 bits per heavy atom. The van der Waals surface area contributed by atoms with E-state index in [2.05, 4.69) is 25.6 Å². The van der Waals surface area contributed by atoms with Crippen LogP contribution in [0.15, 0.2) is 61.1 Å². The maximum atomic E-state index is 13.5. The zero-order chi connectivity index (χ0) is 25.1. The molecule has 0 unspecified atom stereocenters. The summed E-state index contributed by atoms with van der Waals surface area (Å²) in [5, 5.41) is 16.2. The molecule has 4 aromatic rings. The van der Waals surface area contributed by atoms with Crippen molar-refractivity contribution in [3.63, 3.8) is 0 Å². The first-order valence-electron chi connectivity index (χ1n) is 11.5. The first kappa shape index (κ1) is 23.9. The number of aliphatic hydroxyl groups excluding tert-OH is 1. The summed E-state index contributed by atoms with van der Waals surface area (Å²) in [7, 11) is 0. The summed E-state index contributed by atoms with van der Waals surface area (Å²) < 4.78 is 5.66. The zero-order valence-electron chi connectivity index (χ0n) is 19.2. The Balaban J connectivity index is 1.38. The largest absolute Gasteiger partial charge is 0.394 e. The third kappa shape index (κ3) is 4.94. The number of nitrogens with zero attached hydrogens (tertiary/aromatic N) is 2. The number of amides is 1. The number of ketones is 1. The van der Waals surface area contributed by atoms with Crippen LogP contribution in [0.4, 0.5) is 11.5 Å². The standard InChI is InChI=1S/C26H24ClN5O4/c27-21-10-16(32-26(35)15-4-2-1-3-5-15)7-9-19(21)23(34)20-11-28-24-22(20)25(30-14-29-24)31-17-6-8-18(12-33)36-13-17/h1-5,7,9-11,14,17-18,33H,6,8,12-13H2,(H,32,35)(H2,28,29,30,31)/t17-,18+/m0/s1. The molecule has 2 aromatic carbocycles. The molecule has 1 saturated heterocycles. The van der Waals surface area contributed by atoms with Crippen LogP contribution in [0.1, 0.15) is 39.1 Å². The molecule has 10 heteroatoms. The van der Waals surface area contributed by atoms with Gasteiger partial charge in [0.05, 0.1) is 41.3 Å². The Morgan fingerprint density at radius 3 is 2.67 bits per heavy atom. The Morgan fingerprint density at radius 1 is 1.11 bits per heavy atom. The molecule has 4 N–H and O–H groups in total. The van der Waals surface area contributed by atoms with Crippen molar-refractivity contribution in [1.29, 1.82) is 0 Å². The molecule has 2 atom stereocenters. The van der Waals surface area contributed by atoms with E-state index in [1.807, 2.05) is 6.07 Å². The highest BCUT2D eigenvalue weighted by Gasteiger charge is 2.25. The third-order valence-corrected chi connectivity index (χ3v) is 6.45. The molecule has 36 heavy (non-hydrogen) atoms. The van der Waals surface area contributed by atoms with Crippen LogP contribution in [0.2, 0.25) is 5.02 Å². The van der Waals surface area contributed by atoms with Gasteiger partial charge in [-0.05, 0) is 43.2 Å². The Hall–Kier alpha value is -3.79. The molecule has 0 saturated carbocycles. The lowest BCUT2D eigenvalue weighted by molar-refractivity contribution is -0.0224. The molecule has 3 heterocycles. The fourth-order valence-electron chi connectivity index (χ4n) is 4.22. The molecule has 0 spiro atoms. The van der Waals surface area contributed by atoms with Gasteiger partial charge in [-0.2, -0.15) is 0 Å². The average molecular weight is 506 g/mol. The number of hydrogen-bond acceptors (Lipinski definition) is 7. The lowest BCUT2D eigenvalue weighted by atomic mass is 10.0. The second-order valence-corrected chi connectivity index (χ2v) is 8.96. The fraction of sp³-hybridized carbons (Fsp3) is 0.231. The van der Waals surface area contributed by atoms with Crippen LogP contribution in [0, 0.1) is 0 Å². The molecule has 9 nitrogen and oxygen atoms in total. The fourth-order valence-corrected chi connectivity index (χ4v) is 4.49. The second-order valence-electron chi connectivity index (χ2n) is 8.55. The number of fused-ring (bicyclic) bond motifs is 1. The highest BCUT2D eigenvalue weighted by molar-refractivity contribution is 6.36. The van der Waals surface area contributed by atoms with Gasteiger partial charge in [-0.15, -0.1) is 0 Å². The van der Waals surface area contributed by atoms with Crippen molar-refractivity contribution < 1.29 is 19.4 Å². The van der Waals surface area contributed by atoms with E-state index in [4.69, 9.17) is 16.3 Å². The number of H-pyrrole nitrogens is 1. The number of aliphatic hydroxyl groups is 1. The average Bonchev–Trinajstić information content (AvgIpc) is 3.35. The van der Waals surface area contributed by atoms with Crippen molar-refractivity contribution >= 4 is 45.8 Å². The lowest BCUT2D eigenvalue weighted by Gasteiger charge is -2.29. The van der Waals surface area contributed by atoms with Gasteiger partial charge in [0.15, 0.2) is 5.78 Å². The quantitative estimate of drug-likeness (QED) is 0.279. The molecule has 1 fully saturated rings. The molecule has 1 aliphatic heterocycles. The molecule has 0 radical (unpaired) electrons. The number of carbonyl (C=O) groups excluding carboxylic acids is 2. The minimum absolute atomic E-state index is 0.00355. The predicted molar refractivity (Wildman–Crippen MR) is 137 cm³/mol. The molecular formula is C26H24ClN5O4. The molecule has 1 amide bonds. The molecule has 5 rings (SSSR count). The molecule has 1 aliphatic rings. The number of halogens is 1. The second kappa shape index (κ2) is 10.4. The van der Waals surface area contributed by atoms with Crippen molar-refractivity contribution in [3.05, 3.63) is 82.8 Å². The summed E-state index contributed by atoms with van der Waals surface area (Å²) in [6.07, 6.45) is 4.39. The van der Waals surface area contributed by atoms with Crippen LogP contribution >= 0.6 is 11.6 Å². The van der Waals surface area contributed by atoms with E-state index < -0.39 is 0 Å². The number of aromatic nitrogens is 3. The van der Waals surface area contributed by atoms with Crippen LogP contribution in [0.3, 0.4) is 0 Å². The maximum absolute atomic E-state index is 13.5. The summed E-state index contributed by atoms with van der Waals surface area (Å²) in [5.74, 6) is -0.0546. The van der Waals surface area contributed by atoms with Crippen molar-refractivity contribution in [2.24, 2.45) is 0 Å². The Labute approximate surface area is 211 Å². The van der Waals surface area contributed by atoms with Gasteiger partial charge in [-0.25, -0.2) is 9.97 Å². The van der Waals surface area contributed by atoms with Gasteiger partial charge >= 0.3 is 0 Å². The summed E-state index contributed by atoms with van der Waals surface area (Å²) in [5.41, 5.74) is 2.18. The van der Waals surface area contributed by atoms with Crippen LogP contribution in [-0.2, 0) is 4.74 Å². The van der Waals surface area contributed by atoms with Crippen molar-refractivity contribution in [1.82, 2.24) is 15.0 Å². The van der Waals surface area contributed by atoms with E-state index in [1.54, 1.807) is 48.7 Å². The molecule has 0 aliphatic carbocycles. The number of anilines is 2. The van der Waals surface area contributed by atoms with Gasteiger partial charge in [0.1, 0.15) is 17.8 Å². The van der Waals surface area contributed by atoms with Gasteiger partial charge in [-0.3, -0.25) is 9.59 Å². The van der Waals surface area contributed by atoms with Gasteiger partial charge < -0.3 is 25.5 Å². The zero-order valence-corrected chi connectivity index (χ0v) is 20.0. The molecule has 2 aromatic heterocycles. The van der Waals surface area contributed by atoms with Crippen molar-refractivity contribution in [2.45, 2.75) is 25.0 Å². The van der Waals surface area contributed by atoms with Crippen LogP contribution in [0.25, 0.3) is 11.0 Å². The summed E-state index contributed by atoms with van der Waals surface area (Å²) >= 11 is 6.48.